The zero-order valence-corrected chi connectivity index (χ0v) is 13.9. The Morgan fingerprint density at radius 1 is 1.20 bits per heavy atom. The second kappa shape index (κ2) is 7.21. The summed E-state index contributed by atoms with van der Waals surface area (Å²) in [5.41, 5.74) is 9.04. The molecule has 3 aromatic rings. The molecule has 1 heterocycles. The van der Waals surface area contributed by atoms with Crippen LogP contribution in [0.25, 0.3) is 27.4 Å². The van der Waals surface area contributed by atoms with Crippen molar-refractivity contribution in [2.24, 2.45) is 5.11 Å². The van der Waals surface area contributed by atoms with E-state index in [2.05, 4.69) is 15.0 Å². The first-order valence-electron chi connectivity index (χ1n) is 7.22. The van der Waals surface area contributed by atoms with Gasteiger partial charge in [0.15, 0.2) is 0 Å². The topological polar surface area (TPSA) is 83.7 Å². The minimum atomic E-state index is -0.723. The standard InChI is InChI=1S/C17H12FN5OS/c1-25-12-8-6-11(7-9-12)15-10-16(21-22-19)20-17(24)23(15)14-5-3-2-4-13(14)18/h2-10H,1H3. The Bertz CT molecular complexity index is 1030. The number of hydrogen-bond acceptors (Lipinski definition) is 4. The minimum Gasteiger partial charge on any atom is -0.258 e. The third-order valence-electron chi connectivity index (χ3n) is 3.53. The maximum absolute atomic E-state index is 14.2. The van der Waals surface area contributed by atoms with Gasteiger partial charge in [0.1, 0.15) is 11.6 Å². The summed E-state index contributed by atoms with van der Waals surface area (Å²) >= 11 is 1.58. The van der Waals surface area contributed by atoms with E-state index in [1.54, 1.807) is 23.9 Å². The van der Waals surface area contributed by atoms with Gasteiger partial charge in [0.25, 0.3) is 0 Å². The van der Waals surface area contributed by atoms with Crippen LogP contribution in [0, 0.1) is 5.82 Å². The SMILES string of the molecule is CSc1ccc(-c2cc(N=[N+]=[N-])nc(=O)n2-c2ccccc2F)cc1. The van der Waals surface area contributed by atoms with Crippen molar-refractivity contribution in [1.82, 2.24) is 9.55 Å². The first-order valence-corrected chi connectivity index (χ1v) is 8.45. The van der Waals surface area contributed by atoms with Crippen LogP contribution in [0.15, 0.2) is 69.4 Å². The second-order valence-corrected chi connectivity index (χ2v) is 5.87. The highest BCUT2D eigenvalue weighted by molar-refractivity contribution is 7.98. The number of benzene rings is 2. The van der Waals surface area contributed by atoms with Crippen molar-refractivity contribution < 1.29 is 4.39 Å². The number of halogens is 1. The van der Waals surface area contributed by atoms with E-state index in [0.717, 1.165) is 4.90 Å². The molecule has 0 N–H and O–H groups in total. The van der Waals surface area contributed by atoms with E-state index < -0.39 is 11.5 Å². The molecule has 0 atom stereocenters. The van der Waals surface area contributed by atoms with Crippen molar-refractivity contribution in [2.75, 3.05) is 6.26 Å². The molecular formula is C17H12FN5OS. The minimum absolute atomic E-state index is 0.0657. The van der Waals surface area contributed by atoms with Crippen LogP contribution in [0.2, 0.25) is 0 Å². The van der Waals surface area contributed by atoms with Gasteiger partial charge in [-0.25, -0.2) is 9.18 Å². The Kier molecular flexibility index (Phi) is 4.83. The smallest absolute Gasteiger partial charge is 0.258 e. The lowest BCUT2D eigenvalue weighted by Crippen LogP contribution is -2.23. The first-order chi connectivity index (χ1) is 12.1. The molecule has 0 saturated carbocycles. The van der Waals surface area contributed by atoms with Gasteiger partial charge in [0.05, 0.1) is 11.4 Å². The van der Waals surface area contributed by atoms with Crippen molar-refractivity contribution in [3.05, 3.63) is 81.3 Å². The Morgan fingerprint density at radius 2 is 1.92 bits per heavy atom. The fourth-order valence-corrected chi connectivity index (χ4v) is 2.82. The quantitative estimate of drug-likeness (QED) is 0.295. The largest absolute Gasteiger partial charge is 0.353 e. The lowest BCUT2D eigenvalue weighted by Gasteiger charge is -2.14. The molecule has 0 aliphatic carbocycles. The number of nitrogens with zero attached hydrogens (tertiary/aromatic N) is 5. The Morgan fingerprint density at radius 3 is 2.56 bits per heavy atom. The van der Waals surface area contributed by atoms with Crippen molar-refractivity contribution in [3.8, 4) is 16.9 Å². The zero-order valence-electron chi connectivity index (χ0n) is 13.1. The lowest BCUT2D eigenvalue weighted by atomic mass is 10.1. The van der Waals surface area contributed by atoms with Crippen molar-refractivity contribution in [1.29, 1.82) is 0 Å². The molecule has 3 rings (SSSR count). The molecule has 25 heavy (non-hydrogen) atoms. The predicted molar refractivity (Wildman–Crippen MR) is 95.8 cm³/mol. The van der Waals surface area contributed by atoms with Gasteiger partial charge < -0.3 is 0 Å². The molecule has 124 valence electrons. The lowest BCUT2D eigenvalue weighted by molar-refractivity contribution is 0.615. The van der Waals surface area contributed by atoms with Gasteiger partial charge >= 0.3 is 5.69 Å². The highest BCUT2D eigenvalue weighted by Crippen LogP contribution is 2.27. The van der Waals surface area contributed by atoms with Crippen LogP contribution < -0.4 is 5.69 Å². The van der Waals surface area contributed by atoms with Gasteiger partial charge in [-0.2, -0.15) is 4.98 Å². The molecule has 6 nitrogen and oxygen atoms in total. The molecule has 0 unspecified atom stereocenters. The molecule has 1 aromatic heterocycles. The highest BCUT2D eigenvalue weighted by Gasteiger charge is 2.14. The molecular weight excluding hydrogens is 341 g/mol. The number of para-hydroxylation sites is 1. The first kappa shape index (κ1) is 16.8. The zero-order chi connectivity index (χ0) is 17.8. The highest BCUT2D eigenvalue weighted by atomic mass is 32.2. The number of azide groups is 1. The summed E-state index contributed by atoms with van der Waals surface area (Å²) in [7, 11) is 0. The maximum atomic E-state index is 14.2. The molecule has 2 aromatic carbocycles. The predicted octanol–water partition coefficient (Wildman–Crippen LogP) is 4.70. The summed E-state index contributed by atoms with van der Waals surface area (Å²) in [6, 6.07) is 14.8. The number of thioether (sulfide) groups is 1. The second-order valence-electron chi connectivity index (χ2n) is 4.99. The van der Waals surface area contributed by atoms with Crippen molar-refractivity contribution in [3.63, 3.8) is 0 Å². The van der Waals surface area contributed by atoms with Crippen LogP contribution in [-0.4, -0.2) is 15.8 Å². The molecule has 0 aliphatic rings. The van der Waals surface area contributed by atoms with Gasteiger partial charge in [-0.3, -0.25) is 4.57 Å². The van der Waals surface area contributed by atoms with Crippen LogP contribution in [0.3, 0.4) is 0 Å². The fraction of sp³-hybridized carbons (Fsp3) is 0.0588. The molecule has 0 fully saturated rings. The average molecular weight is 353 g/mol. The van der Waals surface area contributed by atoms with Crippen LogP contribution in [0.4, 0.5) is 10.2 Å². The van der Waals surface area contributed by atoms with E-state index in [0.29, 0.717) is 11.3 Å². The van der Waals surface area contributed by atoms with E-state index in [1.807, 2.05) is 30.5 Å². The summed E-state index contributed by atoms with van der Waals surface area (Å²) in [5.74, 6) is -0.617. The third-order valence-corrected chi connectivity index (χ3v) is 4.28. The molecule has 0 radical (unpaired) electrons. The van der Waals surface area contributed by atoms with Crippen molar-refractivity contribution >= 4 is 17.6 Å². The summed E-state index contributed by atoms with van der Waals surface area (Å²) < 4.78 is 15.4. The van der Waals surface area contributed by atoms with Gasteiger partial charge in [0.2, 0.25) is 0 Å². The molecule has 0 spiro atoms. The molecule has 0 bridgehead atoms. The maximum Gasteiger partial charge on any atom is 0.353 e. The van der Waals surface area contributed by atoms with E-state index in [4.69, 9.17) is 5.53 Å². The normalized spacial score (nSPS) is 10.3. The van der Waals surface area contributed by atoms with Gasteiger partial charge in [-0.15, -0.1) is 11.8 Å². The number of aromatic nitrogens is 2. The van der Waals surface area contributed by atoms with Gasteiger partial charge in [-0.1, -0.05) is 24.3 Å². The Hall–Kier alpha value is -3.09. The van der Waals surface area contributed by atoms with Gasteiger partial charge in [-0.05, 0) is 52.8 Å². The Labute approximate surface area is 146 Å². The molecule has 0 amide bonds. The summed E-state index contributed by atoms with van der Waals surface area (Å²) in [5, 5.41) is 3.40. The van der Waals surface area contributed by atoms with Crippen LogP contribution in [0.1, 0.15) is 0 Å². The van der Waals surface area contributed by atoms with Crippen LogP contribution >= 0.6 is 11.8 Å². The van der Waals surface area contributed by atoms with Crippen LogP contribution in [0.5, 0.6) is 0 Å². The van der Waals surface area contributed by atoms with E-state index in [1.165, 1.54) is 22.8 Å². The average Bonchev–Trinajstić information content (AvgIpc) is 2.63. The Balaban J connectivity index is 2.31. The molecule has 0 saturated heterocycles. The number of hydrogen-bond donors (Lipinski definition) is 0. The third kappa shape index (κ3) is 3.40. The van der Waals surface area contributed by atoms with E-state index in [9.17, 15) is 9.18 Å². The summed E-state index contributed by atoms with van der Waals surface area (Å²) in [6.45, 7) is 0. The van der Waals surface area contributed by atoms with E-state index in [-0.39, 0.29) is 11.5 Å². The summed E-state index contributed by atoms with van der Waals surface area (Å²) in [4.78, 5) is 19.9. The molecule has 8 heteroatoms. The van der Waals surface area contributed by atoms with Crippen LogP contribution in [-0.2, 0) is 0 Å². The monoisotopic (exact) mass is 353 g/mol. The number of rotatable bonds is 4. The van der Waals surface area contributed by atoms with Crippen molar-refractivity contribution in [2.45, 2.75) is 4.90 Å². The summed E-state index contributed by atoms with van der Waals surface area (Å²) in [6.07, 6.45) is 1.95. The van der Waals surface area contributed by atoms with E-state index >= 15 is 0 Å². The van der Waals surface area contributed by atoms with Gasteiger partial charge in [0, 0.05) is 9.81 Å². The fourth-order valence-electron chi connectivity index (χ4n) is 2.41. The molecule has 0 aliphatic heterocycles.